The lowest BCUT2D eigenvalue weighted by atomic mass is 10.1. The molecule has 0 amide bonds. The fraction of sp³-hybridized carbons (Fsp3) is 0.0833. The lowest BCUT2D eigenvalue weighted by Gasteiger charge is -2.15. The number of halogens is 3. The molecule has 4 aromatic rings. The molecule has 5 heteroatoms. The number of fused-ring (bicyclic) bond motifs is 1. The number of nitrogens with one attached hydrogen (secondary N) is 1. The normalized spacial score (nSPS) is 10.9. The van der Waals surface area contributed by atoms with Gasteiger partial charge in [-0.3, -0.25) is 0 Å². The molecule has 29 heavy (non-hydrogen) atoms. The van der Waals surface area contributed by atoms with E-state index in [1.807, 2.05) is 30.3 Å². The van der Waals surface area contributed by atoms with Crippen LogP contribution in [0, 0.1) is 0 Å². The Kier molecular flexibility index (Phi) is 6.29. The highest BCUT2D eigenvalue weighted by Gasteiger charge is 2.09. The van der Waals surface area contributed by atoms with Crippen LogP contribution in [0.15, 0.2) is 83.3 Å². The largest absolute Gasteiger partial charge is 0.488 e. The molecule has 2 nitrogen and oxygen atoms in total. The van der Waals surface area contributed by atoms with Crippen molar-refractivity contribution in [2.75, 3.05) is 5.32 Å². The van der Waals surface area contributed by atoms with E-state index in [2.05, 4.69) is 63.7 Å². The van der Waals surface area contributed by atoms with E-state index < -0.39 is 0 Å². The summed E-state index contributed by atoms with van der Waals surface area (Å²) in [5.74, 6) is 0.812. The van der Waals surface area contributed by atoms with E-state index in [9.17, 15) is 0 Å². The van der Waals surface area contributed by atoms with Gasteiger partial charge in [-0.05, 0) is 41.8 Å². The molecule has 0 aliphatic carbocycles. The average Bonchev–Trinajstić information content (AvgIpc) is 2.72. The van der Waals surface area contributed by atoms with Crippen molar-refractivity contribution < 1.29 is 4.74 Å². The van der Waals surface area contributed by atoms with Crippen LogP contribution in [0.5, 0.6) is 5.75 Å². The Morgan fingerprint density at radius 2 is 1.66 bits per heavy atom. The van der Waals surface area contributed by atoms with Crippen LogP contribution in [0.2, 0.25) is 10.0 Å². The summed E-state index contributed by atoms with van der Waals surface area (Å²) >= 11 is 15.8. The first-order valence-corrected chi connectivity index (χ1v) is 10.7. The van der Waals surface area contributed by atoms with Crippen LogP contribution >= 0.6 is 39.1 Å². The number of anilines is 1. The van der Waals surface area contributed by atoms with E-state index in [0.717, 1.165) is 27.0 Å². The fourth-order valence-corrected chi connectivity index (χ4v) is 4.06. The standard InChI is InChI=1S/C24H18BrCl2NO/c25-19-9-11-24(29-15-17-8-10-20(26)13-22(17)27)18(12-19)14-28-23-7-3-5-16-4-1-2-6-21(16)23/h1-13,28H,14-15H2. The molecule has 0 aliphatic heterocycles. The Hall–Kier alpha value is -2.20. The highest BCUT2D eigenvalue weighted by Crippen LogP contribution is 2.29. The lowest BCUT2D eigenvalue weighted by Crippen LogP contribution is -2.04. The molecule has 0 heterocycles. The van der Waals surface area contributed by atoms with Crippen molar-refractivity contribution in [1.29, 1.82) is 0 Å². The van der Waals surface area contributed by atoms with Crippen LogP contribution in [0.25, 0.3) is 10.8 Å². The zero-order valence-corrected chi connectivity index (χ0v) is 18.6. The number of hydrogen-bond donors (Lipinski definition) is 1. The molecule has 0 aliphatic rings. The Bertz CT molecular complexity index is 1160. The maximum atomic E-state index is 6.27. The molecule has 0 radical (unpaired) electrons. The second kappa shape index (κ2) is 9.08. The summed E-state index contributed by atoms with van der Waals surface area (Å²) in [7, 11) is 0. The maximum Gasteiger partial charge on any atom is 0.124 e. The second-order valence-corrected chi connectivity index (χ2v) is 8.42. The topological polar surface area (TPSA) is 21.3 Å². The van der Waals surface area contributed by atoms with E-state index in [1.54, 1.807) is 6.07 Å². The van der Waals surface area contributed by atoms with Gasteiger partial charge in [0.05, 0.1) is 0 Å². The molecule has 1 N–H and O–H groups in total. The monoisotopic (exact) mass is 485 g/mol. The van der Waals surface area contributed by atoms with Gasteiger partial charge in [0, 0.05) is 43.3 Å². The predicted molar refractivity (Wildman–Crippen MR) is 126 cm³/mol. The number of hydrogen-bond acceptors (Lipinski definition) is 2. The summed E-state index contributed by atoms with van der Waals surface area (Å²) in [6.45, 7) is 1.01. The highest BCUT2D eigenvalue weighted by atomic mass is 79.9. The molecular weight excluding hydrogens is 469 g/mol. The Morgan fingerprint density at radius 1 is 0.828 bits per heavy atom. The number of rotatable bonds is 6. The summed E-state index contributed by atoms with van der Waals surface area (Å²) in [5, 5.41) is 7.16. The minimum atomic E-state index is 0.374. The predicted octanol–water partition coefficient (Wildman–Crippen LogP) is 8.10. The van der Waals surface area contributed by atoms with Gasteiger partial charge in [-0.15, -0.1) is 0 Å². The minimum Gasteiger partial charge on any atom is -0.488 e. The van der Waals surface area contributed by atoms with E-state index in [4.69, 9.17) is 27.9 Å². The van der Waals surface area contributed by atoms with Gasteiger partial charge in [-0.25, -0.2) is 0 Å². The minimum absolute atomic E-state index is 0.374. The van der Waals surface area contributed by atoms with Crippen LogP contribution in [0.4, 0.5) is 5.69 Å². The van der Waals surface area contributed by atoms with Crippen LogP contribution < -0.4 is 10.1 Å². The molecule has 0 fully saturated rings. The van der Waals surface area contributed by atoms with E-state index in [1.165, 1.54) is 10.8 Å². The van der Waals surface area contributed by atoms with Crippen molar-refractivity contribution in [2.45, 2.75) is 13.2 Å². The smallest absolute Gasteiger partial charge is 0.124 e. The Labute approximate surface area is 188 Å². The number of ether oxygens (including phenoxy) is 1. The first kappa shape index (κ1) is 20.1. The van der Waals surface area contributed by atoms with Crippen molar-refractivity contribution in [1.82, 2.24) is 0 Å². The van der Waals surface area contributed by atoms with Gasteiger partial charge in [0.15, 0.2) is 0 Å². The zero-order chi connectivity index (χ0) is 20.2. The van der Waals surface area contributed by atoms with Crippen LogP contribution in [-0.2, 0) is 13.2 Å². The van der Waals surface area contributed by atoms with Gasteiger partial charge in [0.1, 0.15) is 12.4 Å². The number of benzene rings is 4. The molecule has 0 unspecified atom stereocenters. The fourth-order valence-electron chi connectivity index (χ4n) is 3.19. The van der Waals surface area contributed by atoms with Crippen molar-refractivity contribution in [3.8, 4) is 5.75 Å². The Balaban J connectivity index is 1.53. The van der Waals surface area contributed by atoms with Crippen LogP contribution in [0.3, 0.4) is 0 Å². The molecule has 0 bridgehead atoms. The average molecular weight is 487 g/mol. The molecule has 4 aromatic carbocycles. The Morgan fingerprint density at radius 3 is 2.52 bits per heavy atom. The van der Waals surface area contributed by atoms with Crippen molar-refractivity contribution in [2.24, 2.45) is 0 Å². The van der Waals surface area contributed by atoms with Gasteiger partial charge in [0.25, 0.3) is 0 Å². The van der Waals surface area contributed by atoms with Gasteiger partial charge in [-0.2, -0.15) is 0 Å². The van der Waals surface area contributed by atoms with Crippen LogP contribution in [0.1, 0.15) is 11.1 Å². The molecule has 0 saturated heterocycles. The van der Waals surface area contributed by atoms with E-state index in [0.29, 0.717) is 23.2 Å². The van der Waals surface area contributed by atoms with Gasteiger partial charge in [-0.1, -0.05) is 81.6 Å². The SMILES string of the molecule is Clc1ccc(COc2ccc(Br)cc2CNc2cccc3ccccc23)c(Cl)c1. The van der Waals surface area contributed by atoms with Crippen LogP contribution in [-0.4, -0.2) is 0 Å². The van der Waals surface area contributed by atoms with Gasteiger partial charge < -0.3 is 10.1 Å². The first-order valence-electron chi connectivity index (χ1n) is 9.17. The van der Waals surface area contributed by atoms with Gasteiger partial charge >= 0.3 is 0 Å². The third-order valence-electron chi connectivity index (χ3n) is 4.68. The summed E-state index contributed by atoms with van der Waals surface area (Å²) in [6, 6.07) is 26.0. The third-order valence-corrected chi connectivity index (χ3v) is 5.76. The lowest BCUT2D eigenvalue weighted by molar-refractivity contribution is 0.303. The molecule has 0 spiro atoms. The molecule has 0 aromatic heterocycles. The van der Waals surface area contributed by atoms with Crippen molar-refractivity contribution in [3.05, 3.63) is 105 Å². The van der Waals surface area contributed by atoms with E-state index >= 15 is 0 Å². The molecule has 4 rings (SSSR count). The molecule has 146 valence electrons. The van der Waals surface area contributed by atoms with Crippen molar-refractivity contribution >= 4 is 55.6 Å². The second-order valence-electron chi connectivity index (χ2n) is 6.66. The van der Waals surface area contributed by atoms with Gasteiger partial charge in [0.2, 0.25) is 0 Å². The zero-order valence-electron chi connectivity index (χ0n) is 15.5. The van der Waals surface area contributed by atoms with E-state index in [-0.39, 0.29) is 0 Å². The quantitative estimate of drug-likeness (QED) is 0.297. The maximum absolute atomic E-state index is 6.27. The molecular formula is C24H18BrCl2NO. The first-order chi connectivity index (χ1) is 14.1. The third kappa shape index (κ3) is 4.87. The highest BCUT2D eigenvalue weighted by molar-refractivity contribution is 9.10. The molecule has 0 saturated carbocycles. The summed E-state index contributed by atoms with van der Waals surface area (Å²) < 4.78 is 7.09. The molecule has 0 atom stereocenters. The summed E-state index contributed by atoms with van der Waals surface area (Å²) in [4.78, 5) is 0. The summed E-state index contributed by atoms with van der Waals surface area (Å²) in [5.41, 5.74) is 3.04. The van der Waals surface area contributed by atoms with Crippen molar-refractivity contribution in [3.63, 3.8) is 0 Å². The summed E-state index contributed by atoms with van der Waals surface area (Å²) in [6.07, 6.45) is 0.